The highest BCUT2D eigenvalue weighted by Gasteiger charge is 2.02. The molecule has 43 heavy (non-hydrogen) atoms. The molecule has 0 atom stereocenters. The van der Waals surface area contributed by atoms with Gasteiger partial charge in [-0.2, -0.15) is 0 Å². The van der Waals surface area contributed by atoms with Crippen LogP contribution in [0.2, 0.25) is 0 Å². The Morgan fingerprint density at radius 3 is 0.651 bits per heavy atom. The van der Waals surface area contributed by atoms with Gasteiger partial charge >= 0.3 is 0 Å². The second-order valence-electron chi connectivity index (χ2n) is 7.14. The molecule has 244 valence electrons. The number of benzene rings is 4. The van der Waals surface area contributed by atoms with E-state index in [1.54, 1.807) is 0 Å². The molecule has 0 aliphatic carbocycles. The maximum atomic E-state index is 2.34. The standard InChI is InChI=1S/C27H24.8C2H6/c1-3-9-22(10-4-1)17-24-13-7-15-26(19-24)21-27-16-8-14-25(20-27)18-23-11-5-2-6-12-23;8*1-2/h1-16,19-20H,17-18,21H2;8*1-2H3. The van der Waals surface area contributed by atoms with Crippen LogP contribution in [-0.4, -0.2) is 0 Å². The smallest absolute Gasteiger partial charge is 0.00256 e. The molecule has 0 saturated carbocycles. The Balaban J connectivity index is -0.000000262. The minimum Gasteiger partial charge on any atom is -0.0683 e. The summed E-state index contributed by atoms with van der Waals surface area (Å²) in [5.41, 5.74) is 8.22. The summed E-state index contributed by atoms with van der Waals surface area (Å²) in [5, 5.41) is 0. The van der Waals surface area contributed by atoms with E-state index >= 15 is 0 Å². The molecule has 0 spiro atoms. The van der Waals surface area contributed by atoms with Crippen LogP contribution in [-0.2, 0) is 19.3 Å². The summed E-state index contributed by atoms with van der Waals surface area (Å²) in [6.45, 7) is 32.0. The first-order chi connectivity index (χ1) is 21.3. The molecule has 0 bridgehead atoms. The summed E-state index contributed by atoms with van der Waals surface area (Å²) in [6.07, 6.45) is 2.96. The van der Waals surface area contributed by atoms with Crippen molar-refractivity contribution in [3.05, 3.63) is 143 Å². The molecule has 0 aromatic heterocycles. The third kappa shape index (κ3) is 26.3. The van der Waals surface area contributed by atoms with E-state index in [0.717, 1.165) is 19.3 Å². The minimum absolute atomic E-state index is 0.977. The largest absolute Gasteiger partial charge is 0.0683 e. The predicted octanol–water partition coefficient (Wildman–Crippen LogP) is 14.7. The van der Waals surface area contributed by atoms with Crippen LogP contribution in [0.15, 0.2) is 109 Å². The molecule has 0 heteroatoms. The van der Waals surface area contributed by atoms with Gasteiger partial charge < -0.3 is 0 Å². The lowest BCUT2D eigenvalue weighted by molar-refractivity contribution is 1.12. The fourth-order valence-electron chi connectivity index (χ4n) is 3.60. The minimum atomic E-state index is 0.977. The molecule has 0 unspecified atom stereocenters. The first-order valence-electron chi connectivity index (χ1n) is 17.6. The molecule has 0 aliphatic heterocycles. The quantitative estimate of drug-likeness (QED) is 0.210. The fourth-order valence-corrected chi connectivity index (χ4v) is 3.60. The molecule has 4 rings (SSSR count). The first kappa shape index (κ1) is 49.6. The van der Waals surface area contributed by atoms with Crippen LogP contribution in [0.4, 0.5) is 0 Å². The highest BCUT2D eigenvalue weighted by molar-refractivity contribution is 5.35. The molecule has 4 aromatic rings. The second kappa shape index (κ2) is 43.3. The van der Waals surface area contributed by atoms with Gasteiger partial charge in [-0.3, -0.25) is 0 Å². The Morgan fingerprint density at radius 2 is 0.419 bits per heavy atom. The lowest BCUT2D eigenvalue weighted by atomic mass is 9.97. The molecular weight excluding hydrogens is 516 g/mol. The van der Waals surface area contributed by atoms with Crippen LogP contribution >= 0.6 is 0 Å². The van der Waals surface area contributed by atoms with Crippen LogP contribution < -0.4 is 0 Å². The topological polar surface area (TPSA) is 0 Å². The van der Waals surface area contributed by atoms with Gasteiger partial charge in [0.2, 0.25) is 0 Å². The first-order valence-corrected chi connectivity index (χ1v) is 17.6. The molecule has 0 N–H and O–H groups in total. The number of hydrogen-bond acceptors (Lipinski definition) is 0. The maximum Gasteiger partial charge on any atom is -0.00256 e. The molecule has 0 amide bonds. The van der Waals surface area contributed by atoms with E-state index in [-0.39, 0.29) is 0 Å². The zero-order valence-electron chi connectivity index (χ0n) is 31.5. The van der Waals surface area contributed by atoms with E-state index in [1.165, 1.54) is 33.4 Å². The van der Waals surface area contributed by atoms with Gasteiger partial charge in [0.15, 0.2) is 0 Å². The monoisotopic (exact) mass is 589 g/mol. The predicted molar refractivity (Wildman–Crippen MR) is 205 cm³/mol. The zero-order valence-corrected chi connectivity index (χ0v) is 31.5. The lowest BCUT2D eigenvalue weighted by Gasteiger charge is -2.08. The van der Waals surface area contributed by atoms with E-state index in [4.69, 9.17) is 0 Å². The van der Waals surface area contributed by atoms with E-state index < -0.39 is 0 Å². The molecule has 0 nitrogen and oxygen atoms in total. The average Bonchev–Trinajstić information content (AvgIpc) is 3.13. The molecule has 4 aromatic carbocycles. The van der Waals surface area contributed by atoms with Crippen LogP contribution in [0.3, 0.4) is 0 Å². The molecule has 0 saturated heterocycles. The third-order valence-corrected chi connectivity index (χ3v) is 4.89. The maximum absolute atomic E-state index is 2.34. The molecule has 0 heterocycles. The Bertz CT molecular complexity index is 901. The van der Waals surface area contributed by atoms with Crippen molar-refractivity contribution in [3.8, 4) is 0 Å². The molecular formula is C43H72. The highest BCUT2D eigenvalue weighted by Crippen LogP contribution is 2.17. The van der Waals surface area contributed by atoms with E-state index in [1.807, 2.05) is 111 Å². The van der Waals surface area contributed by atoms with Gasteiger partial charge in [0, 0.05) is 0 Å². The van der Waals surface area contributed by atoms with E-state index in [2.05, 4.69) is 109 Å². The molecule has 0 fully saturated rings. The second-order valence-corrected chi connectivity index (χ2v) is 7.14. The van der Waals surface area contributed by atoms with Gasteiger partial charge in [-0.05, 0) is 52.6 Å². The van der Waals surface area contributed by atoms with Crippen molar-refractivity contribution in [1.82, 2.24) is 0 Å². The van der Waals surface area contributed by atoms with Crippen LogP contribution in [0.1, 0.15) is 144 Å². The average molecular weight is 589 g/mol. The normalized spacial score (nSPS) is 7.81. The van der Waals surface area contributed by atoms with Crippen LogP contribution in [0, 0.1) is 0 Å². The Morgan fingerprint density at radius 1 is 0.233 bits per heavy atom. The van der Waals surface area contributed by atoms with Crippen molar-refractivity contribution in [2.75, 3.05) is 0 Å². The van der Waals surface area contributed by atoms with E-state index in [9.17, 15) is 0 Å². The number of rotatable bonds is 6. The van der Waals surface area contributed by atoms with Crippen molar-refractivity contribution < 1.29 is 0 Å². The van der Waals surface area contributed by atoms with E-state index in [0.29, 0.717) is 0 Å². The van der Waals surface area contributed by atoms with Crippen molar-refractivity contribution >= 4 is 0 Å². The van der Waals surface area contributed by atoms with Crippen LogP contribution in [0.25, 0.3) is 0 Å². The van der Waals surface area contributed by atoms with Gasteiger partial charge in [-0.25, -0.2) is 0 Å². The van der Waals surface area contributed by atoms with Crippen molar-refractivity contribution in [1.29, 1.82) is 0 Å². The molecule has 0 aliphatic rings. The summed E-state index contributed by atoms with van der Waals surface area (Å²) in [5.74, 6) is 0. The van der Waals surface area contributed by atoms with Crippen molar-refractivity contribution in [3.63, 3.8) is 0 Å². The lowest BCUT2D eigenvalue weighted by Crippen LogP contribution is -1.94. The zero-order chi connectivity index (χ0) is 34.3. The van der Waals surface area contributed by atoms with Gasteiger partial charge in [0.25, 0.3) is 0 Å². The Labute approximate surface area is 272 Å². The fraction of sp³-hybridized carbons (Fsp3) is 0.442. The molecule has 0 radical (unpaired) electrons. The van der Waals surface area contributed by atoms with Gasteiger partial charge in [-0.15, -0.1) is 0 Å². The SMILES string of the molecule is CC.CC.CC.CC.CC.CC.CC.CC.c1ccc(Cc2cccc(Cc3cccc(Cc4ccccc4)c3)c2)cc1. The third-order valence-electron chi connectivity index (χ3n) is 4.89. The summed E-state index contributed by atoms with van der Waals surface area (Å²) >= 11 is 0. The van der Waals surface area contributed by atoms with Crippen molar-refractivity contribution in [2.24, 2.45) is 0 Å². The Hall–Kier alpha value is -3.12. The number of hydrogen-bond donors (Lipinski definition) is 0. The summed E-state index contributed by atoms with van der Waals surface area (Å²) < 4.78 is 0. The van der Waals surface area contributed by atoms with Gasteiger partial charge in [-0.1, -0.05) is 220 Å². The summed E-state index contributed by atoms with van der Waals surface area (Å²) in [7, 11) is 0. The Kier molecular flexibility index (Phi) is 49.9. The van der Waals surface area contributed by atoms with Crippen LogP contribution in [0.5, 0.6) is 0 Å². The summed E-state index contributed by atoms with van der Waals surface area (Å²) in [4.78, 5) is 0. The highest BCUT2D eigenvalue weighted by atomic mass is 14.1. The summed E-state index contributed by atoms with van der Waals surface area (Å²) in [6, 6.07) is 39.3. The van der Waals surface area contributed by atoms with Gasteiger partial charge in [0.05, 0.1) is 0 Å². The van der Waals surface area contributed by atoms with Crippen molar-refractivity contribution in [2.45, 2.75) is 130 Å². The van der Waals surface area contributed by atoms with Gasteiger partial charge in [0.1, 0.15) is 0 Å².